The van der Waals surface area contributed by atoms with Gasteiger partial charge in [0.2, 0.25) is 0 Å². The monoisotopic (exact) mass is 129 g/mol. The summed E-state index contributed by atoms with van der Waals surface area (Å²) in [7, 11) is 0. The van der Waals surface area contributed by atoms with Gasteiger partial charge in [-0.05, 0) is 12.3 Å². The van der Waals surface area contributed by atoms with E-state index in [1.54, 1.807) is 6.08 Å². The fourth-order valence-corrected chi connectivity index (χ4v) is 1.04. The molecule has 0 saturated carbocycles. The molecule has 0 saturated heterocycles. The van der Waals surface area contributed by atoms with Crippen molar-refractivity contribution < 1.29 is 4.39 Å². The summed E-state index contributed by atoms with van der Waals surface area (Å²) >= 11 is 0. The van der Waals surface area contributed by atoms with Gasteiger partial charge in [0.25, 0.3) is 0 Å². The summed E-state index contributed by atoms with van der Waals surface area (Å²) in [5, 5.41) is 0. The van der Waals surface area contributed by atoms with Crippen LogP contribution in [0.1, 0.15) is 19.8 Å². The van der Waals surface area contributed by atoms with Crippen molar-refractivity contribution in [3.8, 4) is 0 Å². The average molecular weight is 129 g/mol. The van der Waals surface area contributed by atoms with Gasteiger partial charge in [-0.15, -0.1) is 0 Å². The minimum Gasteiger partial charge on any atom is -0.327 e. The predicted octanol–water partition coefficient (Wildman–Crippen LogP) is 1.60. The zero-order chi connectivity index (χ0) is 6.85. The maximum absolute atomic E-state index is 12.4. The van der Waals surface area contributed by atoms with E-state index in [1.807, 2.05) is 6.92 Å². The molecular weight excluding hydrogens is 117 g/mol. The Kier molecular flexibility index (Phi) is 1.86. The lowest BCUT2D eigenvalue weighted by Crippen LogP contribution is -2.29. The molecule has 0 spiro atoms. The second-order valence-electron chi connectivity index (χ2n) is 2.73. The van der Waals surface area contributed by atoms with Gasteiger partial charge in [0, 0.05) is 12.5 Å². The van der Waals surface area contributed by atoms with Gasteiger partial charge in [0.1, 0.15) is 0 Å². The first-order valence-electron chi connectivity index (χ1n) is 3.30. The van der Waals surface area contributed by atoms with Crippen LogP contribution in [0.3, 0.4) is 0 Å². The van der Waals surface area contributed by atoms with Crippen LogP contribution in [0.15, 0.2) is 11.9 Å². The van der Waals surface area contributed by atoms with E-state index in [2.05, 4.69) is 0 Å². The smallest absolute Gasteiger partial charge is 0.0963 e. The molecule has 1 nitrogen and oxygen atoms in total. The molecule has 0 radical (unpaired) electrons. The highest BCUT2D eigenvalue weighted by atomic mass is 19.1. The Morgan fingerprint density at radius 2 is 2.44 bits per heavy atom. The standard InChI is InChI=1S/C7H12FN/c1-5-4-6(8)2-3-7(5)9/h2,5,7H,3-4,9H2,1H3. The van der Waals surface area contributed by atoms with Crippen LogP contribution in [0, 0.1) is 5.92 Å². The third kappa shape index (κ3) is 1.52. The molecule has 9 heavy (non-hydrogen) atoms. The summed E-state index contributed by atoms with van der Waals surface area (Å²) in [6.07, 6.45) is 2.82. The van der Waals surface area contributed by atoms with E-state index < -0.39 is 0 Å². The van der Waals surface area contributed by atoms with Crippen molar-refractivity contribution in [2.24, 2.45) is 11.7 Å². The first kappa shape index (κ1) is 6.75. The zero-order valence-electron chi connectivity index (χ0n) is 5.60. The largest absolute Gasteiger partial charge is 0.327 e. The highest BCUT2D eigenvalue weighted by molar-refractivity contribution is 5.01. The molecule has 0 aliphatic heterocycles. The Morgan fingerprint density at radius 3 is 2.89 bits per heavy atom. The molecule has 0 heterocycles. The molecule has 0 aromatic carbocycles. The molecule has 0 amide bonds. The van der Waals surface area contributed by atoms with Crippen LogP contribution >= 0.6 is 0 Å². The molecule has 52 valence electrons. The number of nitrogens with two attached hydrogens (primary N) is 1. The third-order valence-electron chi connectivity index (χ3n) is 1.86. The molecule has 1 aliphatic carbocycles. The summed E-state index contributed by atoms with van der Waals surface area (Å²) < 4.78 is 12.4. The molecule has 1 rings (SSSR count). The number of hydrogen-bond acceptors (Lipinski definition) is 1. The molecular formula is C7H12FN. The highest BCUT2D eigenvalue weighted by Crippen LogP contribution is 2.22. The maximum atomic E-state index is 12.4. The van der Waals surface area contributed by atoms with E-state index in [4.69, 9.17) is 5.73 Å². The van der Waals surface area contributed by atoms with Gasteiger partial charge in [-0.2, -0.15) is 0 Å². The van der Waals surface area contributed by atoms with Gasteiger partial charge < -0.3 is 5.73 Å². The van der Waals surface area contributed by atoms with Crippen LogP contribution in [0.5, 0.6) is 0 Å². The number of allylic oxidation sites excluding steroid dienone is 1. The Morgan fingerprint density at radius 1 is 1.78 bits per heavy atom. The molecule has 2 heteroatoms. The summed E-state index contributed by atoms with van der Waals surface area (Å²) in [5.41, 5.74) is 5.63. The van der Waals surface area contributed by atoms with Crippen molar-refractivity contribution >= 4 is 0 Å². The second-order valence-corrected chi connectivity index (χ2v) is 2.73. The van der Waals surface area contributed by atoms with Gasteiger partial charge in [-0.1, -0.05) is 13.0 Å². The van der Waals surface area contributed by atoms with Crippen LogP contribution in [-0.2, 0) is 0 Å². The minimum atomic E-state index is 0.00389. The first-order chi connectivity index (χ1) is 4.20. The fraction of sp³-hybridized carbons (Fsp3) is 0.714. The third-order valence-corrected chi connectivity index (χ3v) is 1.86. The van der Waals surface area contributed by atoms with Crippen LogP contribution in [0.4, 0.5) is 4.39 Å². The molecule has 0 aromatic heterocycles. The van der Waals surface area contributed by atoms with E-state index in [9.17, 15) is 4.39 Å². The Bertz CT molecular complexity index is 131. The van der Waals surface area contributed by atoms with Gasteiger partial charge in [-0.3, -0.25) is 0 Å². The van der Waals surface area contributed by atoms with Crippen molar-refractivity contribution in [1.29, 1.82) is 0 Å². The van der Waals surface area contributed by atoms with Crippen molar-refractivity contribution in [2.75, 3.05) is 0 Å². The lowest BCUT2D eigenvalue weighted by molar-refractivity contribution is 0.387. The topological polar surface area (TPSA) is 26.0 Å². The minimum absolute atomic E-state index is 0.00389. The van der Waals surface area contributed by atoms with Gasteiger partial charge in [0.05, 0.1) is 5.83 Å². The highest BCUT2D eigenvalue weighted by Gasteiger charge is 2.17. The fourth-order valence-electron chi connectivity index (χ4n) is 1.04. The Hall–Kier alpha value is -0.370. The van der Waals surface area contributed by atoms with E-state index in [-0.39, 0.29) is 11.9 Å². The van der Waals surface area contributed by atoms with Gasteiger partial charge >= 0.3 is 0 Å². The quantitative estimate of drug-likeness (QED) is 0.528. The van der Waals surface area contributed by atoms with E-state index >= 15 is 0 Å². The SMILES string of the molecule is CC1CC(F)=CCC1N. The van der Waals surface area contributed by atoms with Crippen molar-refractivity contribution in [1.82, 2.24) is 0 Å². The lowest BCUT2D eigenvalue weighted by atomic mass is 9.91. The first-order valence-corrected chi connectivity index (χ1v) is 3.30. The zero-order valence-corrected chi connectivity index (χ0v) is 5.60. The molecule has 2 unspecified atom stereocenters. The maximum Gasteiger partial charge on any atom is 0.0963 e. The molecule has 2 N–H and O–H groups in total. The average Bonchev–Trinajstić information content (AvgIpc) is 1.80. The molecule has 0 bridgehead atoms. The van der Waals surface area contributed by atoms with Crippen LogP contribution in [0.25, 0.3) is 0 Å². The molecule has 1 aliphatic rings. The van der Waals surface area contributed by atoms with Crippen molar-refractivity contribution in [3.63, 3.8) is 0 Å². The summed E-state index contributed by atoms with van der Waals surface area (Å²) in [4.78, 5) is 0. The summed E-state index contributed by atoms with van der Waals surface area (Å²) in [5.74, 6) is 0.319. The molecule has 0 aromatic rings. The second kappa shape index (κ2) is 2.48. The van der Waals surface area contributed by atoms with Crippen LogP contribution in [-0.4, -0.2) is 6.04 Å². The number of hydrogen-bond donors (Lipinski definition) is 1. The number of rotatable bonds is 0. The Balaban J connectivity index is 2.54. The van der Waals surface area contributed by atoms with Gasteiger partial charge in [-0.25, -0.2) is 4.39 Å². The summed E-state index contributed by atoms with van der Waals surface area (Å²) in [6, 6.07) is 0.171. The van der Waals surface area contributed by atoms with Crippen LogP contribution < -0.4 is 5.73 Å². The van der Waals surface area contributed by atoms with E-state index in [0.717, 1.165) is 0 Å². The van der Waals surface area contributed by atoms with Crippen molar-refractivity contribution in [3.05, 3.63) is 11.9 Å². The van der Waals surface area contributed by atoms with Gasteiger partial charge in [0.15, 0.2) is 0 Å². The molecule has 0 fully saturated rings. The van der Waals surface area contributed by atoms with Crippen molar-refractivity contribution in [2.45, 2.75) is 25.8 Å². The predicted molar refractivity (Wildman–Crippen MR) is 35.6 cm³/mol. The van der Waals surface area contributed by atoms with E-state index in [1.165, 1.54) is 0 Å². The van der Waals surface area contributed by atoms with E-state index in [0.29, 0.717) is 18.8 Å². The lowest BCUT2D eigenvalue weighted by Gasteiger charge is -2.21. The molecule has 2 atom stereocenters. The summed E-state index contributed by atoms with van der Waals surface area (Å²) in [6.45, 7) is 1.98. The normalized spacial score (nSPS) is 36.1. The van der Waals surface area contributed by atoms with Crippen LogP contribution in [0.2, 0.25) is 0 Å². The Labute approximate surface area is 54.7 Å². The number of halogens is 1.